The minimum atomic E-state index is 0.239. The molecule has 3 heteroatoms. The van der Waals surface area contributed by atoms with Crippen LogP contribution in [0.5, 0.6) is 5.75 Å². The van der Waals surface area contributed by atoms with Gasteiger partial charge in [0.2, 0.25) is 0 Å². The zero-order valence-corrected chi connectivity index (χ0v) is 9.59. The highest BCUT2D eigenvalue weighted by Crippen LogP contribution is 2.16. The number of benzene rings is 2. The first kappa shape index (κ1) is 11.2. The molecular weight excluding hydrogens is 212 g/mol. The zero-order valence-electron chi connectivity index (χ0n) is 9.59. The molecule has 17 heavy (non-hydrogen) atoms. The minimum Gasteiger partial charge on any atom is -0.507 e. The summed E-state index contributed by atoms with van der Waals surface area (Å²) in [5, 5.41) is 13.9. The van der Waals surface area contributed by atoms with Gasteiger partial charge in [0.1, 0.15) is 5.75 Å². The summed E-state index contributed by atoms with van der Waals surface area (Å²) in [6, 6.07) is 16.8. The normalized spacial score (nSPS) is 11.2. The maximum Gasteiger partial charge on any atom is 0.124 e. The highest BCUT2D eigenvalue weighted by Gasteiger charge is 2.02. The average Bonchev–Trinajstić information content (AvgIpc) is 2.38. The smallest absolute Gasteiger partial charge is 0.124 e. The molecule has 2 aromatic carbocycles. The molecule has 0 atom stereocenters. The van der Waals surface area contributed by atoms with Gasteiger partial charge >= 0.3 is 0 Å². The summed E-state index contributed by atoms with van der Waals surface area (Å²) in [5.41, 5.74) is 5.34. The molecule has 0 heterocycles. The Labute approximate surface area is 100 Å². The van der Waals surface area contributed by atoms with Crippen molar-refractivity contribution in [2.45, 2.75) is 6.92 Å². The summed E-state index contributed by atoms with van der Waals surface area (Å²) < 4.78 is 0. The van der Waals surface area contributed by atoms with Gasteiger partial charge in [0.05, 0.1) is 11.4 Å². The summed E-state index contributed by atoms with van der Waals surface area (Å²) >= 11 is 0. The van der Waals surface area contributed by atoms with Crippen LogP contribution >= 0.6 is 0 Å². The van der Waals surface area contributed by atoms with Gasteiger partial charge in [-0.15, -0.1) is 0 Å². The van der Waals surface area contributed by atoms with Gasteiger partial charge in [0, 0.05) is 5.56 Å². The van der Waals surface area contributed by atoms with E-state index in [9.17, 15) is 5.11 Å². The number of aromatic hydroxyl groups is 1. The van der Waals surface area contributed by atoms with E-state index in [1.807, 2.05) is 49.4 Å². The van der Waals surface area contributed by atoms with Crippen LogP contribution in [0.4, 0.5) is 5.69 Å². The number of hydrazone groups is 1. The Morgan fingerprint density at radius 2 is 1.65 bits per heavy atom. The van der Waals surface area contributed by atoms with E-state index in [-0.39, 0.29) is 5.75 Å². The molecule has 0 aliphatic heterocycles. The summed E-state index contributed by atoms with van der Waals surface area (Å²) in [6.07, 6.45) is 0. The molecule has 0 aliphatic carbocycles. The van der Waals surface area contributed by atoms with E-state index < -0.39 is 0 Å². The Morgan fingerprint density at radius 3 is 2.35 bits per heavy atom. The molecule has 2 rings (SSSR count). The number of para-hydroxylation sites is 2. The number of phenols is 1. The number of rotatable bonds is 3. The summed E-state index contributed by atoms with van der Waals surface area (Å²) in [6.45, 7) is 1.85. The van der Waals surface area contributed by atoms with Crippen molar-refractivity contribution in [1.82, 2.24) is 0 Å². The van der Waals surface area contributed by atoms with Gasteiger partial charge in [-0.05, 0) is 31.2 Å². The van der Waals surface area contributed by atoms with Gasteiger partial charge in [0.25, 0.3) is 0 Å². The first-order chi connectivity index (χ1) is 8.27. The summed E-state index contributed by atoms with van der Waals surface area (Å²) in [4.78, 5) is 0. The van der Waals surface area contributed by atoms with Crippen molar-refractivity contribution in [1.29, 1.82) is 0 Å². The van der Waals surface area contributed by atoms with Crippen molar-refractivity contribution in [3.63, 3.8) is 0 Å². The third-order valence-corrected chi connectivity index (χ3v) is 2.42. The fourth-order valence-electron chi connectivity index (χ4n) is 1.50. The highest BCUT2D eigenvalue weighted by atomic mass is 16.3. The molecule has 0 unspecified atom stereocenters. The lowest BCUT2D eigenvalue weighted by molar-refractivity contribution is 0.474. The van der Waals surface area contributed by atoms with Gasteiger partial charge < -0.3 is 5.11 Å². The number of hydrogen-bond acceptors (Lipinski definition) is 3. The van der Waals surface area contributed by atoms with Gasteiger partial charge in [-0.3, -0.25) is 5.43 Å². The lowest BCUT2D eigenvalue weighted by atomic mass is 10.1. The van der Waals surface area contributed by atoms with E-state index >= 15 is 0 Å². The Morgan fingerprint density at radius 1 is 1.00 bits per heavy atom. The van der Waals surface area contributed by atoms with Crippen molar-refractivity contribution in [2.75, 3.05) is 5.43 Å². The maximum absolute atomic E-state index is 9.67. The Kier molecular flexibility index (Phi) is 3.40. The van der Waals surface area contributed by atoms with E-state index in [0.717, 1.165) is 17.0 Å². The van der Waals surface area contributed by atoms with Crippen LogP contribution in [0.15, 0.2) is 59.7 Å². The van der Waals surface area contributed by atoms with Crippen LogP contribution in [0.1, 0.15) is 12.5 Å². The lowest BCUT2D eigenvalue weighted by Crippen LogP contribution is -1.99. The van der Waals surface area contributed by atoms with Crippen molar-refractivity contribution < 1.29 is 5.11 Å². The van der Waals surface area contributed by atoms with E-state index in [1.54, 1.807) is 12.1 Å². The number of phenolic OH excluding ortho intramolecular Hbond substituents is 1. The molecule has 0 aromatic heterocycles. The van der Waals surface area contributed by atoms with Gasteiger partial charge in [-0.1, -0.05) is 30.3 Å². The van der Waals surface area contributed by atoms with Gasteiger partial charge in [0.15, 0.2) is 0 Å². The molecule has 3 nitrogen and oxygen atoms in total. The van der Waals surface area contributed by atoms with E-state index in [0.29, 0.717) is 0 Å². The van der Waals surface area contributed by atoms with Crippen LogP contribution in [-0.2, 0) is 0 Å². The van der Waals surface area contributed by atoms with Crippen molar-refractivity contribution in [2.24, 2.45) is 5.10 Å². The van der Waals surface area contributed by atoms with Crippen LogP contribution in [0.3, 0.4) is 0 Å². The van der Waals surface area contributed by atoms with Gasteiger partial charge in [-0.2, -0.15) is 5.10 Å². The number of nitrogens with one attached hydrogen (secondary N) is 1. The van der Waals surface area contributed by atoms with Crippen LogP contribution in [0.25, 0.3) is 0 Å². The molecule has 0 amide bonds. The van der Waals surface area contributed by atoms with Crippen molar-refractivity contribution >= 4 is 11.4 Å². The summed E-state index contributed by atoms with van der Waals surface area (Å²) in [5.74, 6) is 0.239. The number of hydrogen-bond donors (Lipinski definition) is 2. The van der Waals surface area contributed by atoms with Crippen LogP contribution in [0.2, 0.25) is 0 Å². The first-order valence-corrected chi connectivity index (χ1v) is 5.41. The molecule has 0 aliphatic rings. The molecule has 0 saturated carbocycles. The SMILES string of the molecule is CC(=NNc1ccccc1)c1ccccc1O. The molecule has 86 valence electrons. The van der Waals surface area contributed by atoms with Crippen LogP contribution in [0, 0.1) is 0 Å². The third kappa shape index (κ3) is 2.84. The molecule has 0 spiro atoms. The molecule has 0 radical (unpaired) electrons. The quantitative estimate of drug-likeness (QED) is 0.623. The Bertz CT molecular complexity index is 521. The Hall–Kier alpha value is -2.29. The minimum absolute atomic E-state index is 0.239. The Balaban J connectivity index is 2.16. The zero-order chi connectivity index (χ0) is 12.1. The predicted octanol–water partition coefficient (Wildman–Crippen LogP) is 3.23. The van der Waals surface area contributed by atoms with Crippen LogP contribution < -0.4 is 5.43 Å². The number of anilines is 1. The number of nitrogens with zero attached hydrogens (tertiary/aromatic N) is 1. The van der Waals surface area contributed by atoms with E-state index in [1.165, 1.54) is 0 Å². The fraction of sp³-hybridized carbons (Fsp3) is 0.0714. The second kappa shape index (κ2) is 5.16. The standard InChI is InChI=1S/C14H14N2O/c1-11(13-9-5-6-10-14(13)17)15-16-12-7-3-2-4-8-12/h2-10,16-17H,1H3. The monoisotopic (exact) mass is 226 g/mol. The lowest BCUT2D eigenvalue weighted by Gasteiger charge is -2.05. The molecule has 0 saturated heterocycles. The molecular formula is C14H14N2O. The average molecular weight is 226 g/mol. The summed E-state index contributed by atoms with van der Waals surface area (Å²) in [7, 11) is 0. The first-order valence-electron chi connectivity index (χ1n) is 5.41. The second-order valence-electron chi connectivity index (χ2n) is 3.69. The van der Waals surface area contributed by atoms with E-state index in [2.05, 4.69) is 10.5 Å². The maximum atomic E-state index is 9.67. The van der Waals surface area contributed by atoms with Crippen LogP contribution in [-0.4, -0.2) is 10.8 Å². The largest absolute Gasteiger partial charge is 0.507 e. The topological polar surface area (TPSA) is 44.6 Å². The predicted molar refractivity (Wildman–Crippen MR) is 70.4 cm³/mol. The third-order valence-electron chi connectivity index (χ3n) is 2.42. The molecule has 2 N–H and O–H groups in total. The molecule has 0 fully saturated rings. The highest BCUT2D eigenvalue weighted by molar-refractivity contribution is 6.01. The fourth-order valence-corrected chi connectivity index (χ4v) is 1.50. The molecule has 2 aromatic rings. The van der Waals surface area contributed by atoms with Crippen molar-refractivity contribution in [3.05, 3.63) is 60.2 Å². The van der Waals surface area contributed by atoms with E-state index in [4.69, 9.17) is 0 Å². The van der Waals surface area contributed by atoms with Gasteiger partial charge in [-0.25, -0.2) is 0 Å². The molecule has 0 bridgehead atoms. The second-order valence-corrected chi connectivity index (χ2v) is 3.69. The van der Waals surface area contributed by atoms with Crippen molar-refractivity contribution in [3.8, 4) is 5.75 Å².